The third kappa shape index (κ3) is 4.67. The van der Waals surface area contributed by atoms with E-state index in [1.54, 1.807) is 12.1 Å². The molecule has 2 aromatic carbocycles. The Morgan fingerprint density at radius 2 is 2.00 bits per heavy atom. The number of sulfonamides is 1. The number of carbonyl (C=O) groups excluding carboxylic acids is 1. The lowest BCUT2D eigenvalue weighted by Gasteiger charge is -2.20. The molecule has 1 saturated heterocycles. The second kappa shape index (κ2) is 8.62. The fraction of sp³-hybridized carbons (Fsp3) is 0.300. The number of halogens is 2. The molecule has 1 aliphatic heterocycles. The molecule has 1 N–H and O–H groups in total. The molecule has 29 heavy (non-hydrogen) atoms. The van der Waals surface area contributed by atoms with Crippen LogP contribution in [0.1, 0.15) is 41.3 Å². The van der Waals surface area contributed by atoms with Gasteiger partial charge >= 0.3 is 0 Å². The summed E-state index contributed by atoms with van der Waals surface area (Å²) < 4.78 is 25.7. The van der Waals surface area contributed by atoms with Gasteiger partial charge in [-0.15, -0.1) is 0 Å². The van der Waals surface area contributed by atoms with Gasteiger partial charge in [-0.2, -0.15) is 5.26 Å². The molecule has 0 saturated carbocycles. The first-order valence-electron chi connectivity index (χ1n) is 9.10. The summed E-state index contributed by atoms with van der Waals surface area (Å²) >= 11 is 12.4. The summed E-state index contributed by atoms with van der Waals surface area (Å²) in [6, 6.07) is 10.1. The van der Waals surface area contributed by atoms with Crippen LogP contribution in [0, 0.1) is 11.3 Å². The van der Waals surface area contributed by atoms with E-state index in [4.69, 9.17) is 23.2 Å². The number of benzene rings is 2. The second-order valence-corrected chi connectivity index (χ2v) is 9.57. The maximum absolute atomic E-state index is 12.8. The molecule has 152 valence electrons. The molecular formula is C20H19Cl2N3O3S. The van der Waals surface area contributed by atoms with E-state index in [1.807, 2.05) is 13.0 Å². The van der Waals surface area contributed by atoms with Crippen molar-refractivity contribution in [3.63, 3.8) is 0 Å². The van der Waals surface area contributed by atoms with Gasteiger partial charge in [-0.3, -0.25) is 9.10 Å². The van der Waals surface area contributed by atoms with Gasteiger partial charge in [0.1, 0.15) is 0 Å². The van der Waals surface area contributed by atoms with E-state index >= 15 is 0 Å². The Bertz CT molecular complexity index is 1110. The number of rotatable bonds is 5. The van der Waals surface area contributed by atoms with Crippen LogP contribution < -0.4 is 9.62 Å². The third-order valence-corrected chi connectivity index (χ3v) is 7.21. The van der Waals surface area contributed by atoms with E-state index in [0.29, 0.717) is 17.7 Å². The molecule has 1 amide bonds. The van der Waals surface area contributed by atoms with Crippen LogP contribution in [0.2, 0.25) is 10.0 Å². The van der Waals surface area contributed by atoms with E-state index in [2.05, 4.69) is 11.4 Å². The minimum Gasteiger partial charge on any atom is -0.322 e. The van der Waals surface area contributed by atoms with Crippen LogP contribution in [0.25, 0.3) is 0 Å². The Morgan fingerprint density at radius 1 is 1.24 bits per heavy atom. The number of hydrogen-bond donors (Lipinski definition) is 1. The van der Waals surface area contributed by atoms with Gasteiger partial charge in [0.2, 0.25) is 10.0 Å². The van der Waals surface area contributed by atoms with Gasteiger partial charge in [0, 0.05) is 17.8 Å². The molecule has 2 aromatic rings. The summed E-state index contributed by atoms with van der Waals surface area (Å²) in [5.41, 5.74) is 2.25. The molecular weight excluding hydrogens is 433 g/mol. The van der Waals surface area contributed by atoms with Crippen molar-refractivity contribution in [1.29, 1.82) is 5.26 Å². The Morgan fingerprint density at radius 3 is 2.62 bits per heavy atom. The molecule has 0 unspecified atom stereocenters. The van der Waals surface area contributed by atoms with E-state index in [-0.39, 0.29) is 33.6 Å². The number of hydrogen-bond acceptors (Lipinski definition) is 4. The summed E-state index contributed by atoms with van der Waals surface area (Å²) in [6.45, 7) is 2.31. The minimum atomic E-state index is -3.48. The highest BCUT2D eigenvalue weighted by atomic mass is 35.5. The van der Waals surface area contributed by atoms with Crippen molar-refractivity contribution in [3.8, 4) is 6.07 Å². The van der Waals surface area contributed by atoms with Crippen molar-refractivity contribution in [1.82, 2.24) is 0 Å². The van der Waals surface area contributed by atoms with Gasteiger partial charge < -0.3 is 5.32 Å². The lowest BCUT2D eigenvalue weighted by atomic mass is 10.1. The van der Waals surface area contributed by atoms with Crippen LogP contribution in [-0.4, -0.2) is 26.6 Å². The Balaban J connectivity index is 1.95. The molecule has 9 heteroatoms. The quantitative estimate of drug-likeness (QED) is 0.718. The Kier molecular flexibility index (Phi) is 6.37. The first kappa shape index (κ1) is 21.4. The number of nitrogens with zero attached hydrogens (tertiary/aromatic N) is 2. The largest absolute Gasteiger partial charge is 0.322 e. The Hall–Kier alpha value is -2.27. The van der Waals surface area contributed by atoms with Gasteiger partial charge in [-0.25, -0.2) is 8.42 Å². The topological polar surface area (TPSA) is 90.3 Å². The minimum absolute atomic E-state index is 0.0263. The monoisotopic (exact) mass is 451 g/mol. The average Bonchev–Trinajstić information content (AvgIpc) is 3.02. The van der Waals surface area contributed by atoms with Crippen molar-refractivity contribution in [2.24, 2.45) is 0 Å². The van der Waals surface area contributed by atoms with E-state index in [0.717, 1.165) is 18.4 Å². The van der Waals surface area contributed by atoms with Gasteiger partial charge in [0.25, 0.3) is 5.91 Å². The fourth-order valence-corrected chi connectivity index (χ4v) is 5.30. The van der Waals surface area contributed by atoms with Gasteiger partial charge in [0.05, 0.1) is 33.1 Å². The summed E-state index contributed by atoms with van der Waals surface area (Å²) in [5.74, 6) is -0.447. The molecule has 3 rings (SSSR count). The van der Waals surface area contributed by atoms with Crippen LogP contribution in [0.15, 0.2) is 30.3 Å². The first-order valence-corrected chi connectivity index (χ1v) is 11.5. The summed E-state index contributed by atoms with van der Waals surface area (Å²) in [7, 11) is -3.48. The van der Waals surface area contributed by atoms with E-state index in [9.17, 15) is 18.5 Å². The lowest BCUT2D eigenvalue weighted by Crippen LogP contribution is -2.26. The molecule has 0 aliphatic carbocycles. The highest BCUT2D eigenvalue weighted by Gasteiger charge is 2.31. The second-order valence-electron chi connectivity index (χ2n) is 6.77. The summed E-state index contributed by atoms with van der Waals surface area (Å²) in [5, 5.41) is 12.2. The molecule has 6 nitrogen and oxygen atoms in total. The van der Waals surface area contributed by atoms with Gasteiger partial charge in [-0.05, 0) is 48.7 Å². The van der Waals surface area contributed by atoms with E-state index < -0.39 is 15.9 Å². The maximum Gasteiger partial charge on any atom is 0.255 e. The number of amides is 1. The van der Waals surface area contributed by atoms with E-state index in [1.165, 1.54) is 16.4 Å². The van der Waals surface area contributed by atoms with Gasteiger partial charge in [-0.1, -0.05) is 36.5 Å². The predicted octanol–water partition coefficient (Wildman–Crippen LogP) is 4.61. The summed E-state index contributed by atoms with van der Waals surface area (Å²) in [4.78, 5) is 12.8. The van der Waals surface area contributed by atoms with Gasteiger partial charge in [0.15, 0.2) is 0 Å². The molecule has 0 spiro atoms. The highest BCUT2D eigenvalue weighted by Crippen LogP contribution is 2.37. The third-order valence-electron chi connectivity index (χ3n) is 4.56. The lowest BCUT2D eigenvalue weighted by molar-refractivity contribution is 0.102. The standard InChI is InChI=1S/C20H19Cl2N3O3S/c1-2-4-13-7-14(12-23)9-16(8-13)24-20(26)15-10-17(21)19(22)18(11-15)25-5-3-6-29(25,27)28/h7-11H,2-6H2,1H3,(H,24,26). The molecule has 0 atom stereocenters. The normalized spacial score (nSPS) is 15.2. The number of anilines is 2. The van der Waals surface area contributed by atoms with Crippen molar-refractivity contribution in [3.05, 3.63) is 57.1 Å². The summed E-state index contributed by atoms with van der Waals surface area (Å²) in [6.07, 6.45) is 2.17. The molecule has 1 fully saturated rings. The number of aryl methyl sites for hydroxylation is 1. The highest BCUT2D eigenvalue weighted by molar-refractivity contribution is 7.93. The molecule has 0 aromatic heterocycles. The zero-order valence-electron chi connectivity index (χ0n) is 15.7. The zero-order valence-corrected chi connectivity index (χ0v) is 18.0. The number of carbonyl (C=O) groups is 1. The predicted molar refractivity (Wildman–Crippen MR) is 115 cm³/mol. The van der Waals surface area contributed by atoms with Crippen molar-refractivity contribution in [2.45, 2.75) is 26.2 Å². The van der Waals surface area contributed by atoms with Crippen LogP contribution in [0.5, 0.6) is 0 Å². The Labute approximate surface area is 180 Å². The number of nitriles is 1. The maximum atomic E-state index is 12.8. The fourth-order valence-electron chi connectivity index (χ4n) is 3.26. The smallest absolute Gasteiger partial charge is 0.255 e. The first-order chi connectivity index (χ1) is 13.7. The SMILES string of the molecule is CCCc1cc(C#N)cc(NC(=O)c2cc(Cl)c(Cl)c(N3CCCS3(=O)=O)c2)c1. The van der Waals surface area contributed by atoms with Crippen molar-refractivity contribution < 1.29 is 13.2 Å². The zero-order chi connectivity index (χ0) is 21.2. The molecule has 0 radical (unpaired) electrons. The van der Waals surface area contributed by atoms with Crippen LogP contribution in [0.4, 0.5) is 11.4 Å². The van der Waals surface area contributed by atoms with Crippen LogP contribution in [0.3, 0.4) is 0 Å². The molecule has 1 aliphatic rings. The van der Waals surface area contributed by atoms with Crippen molar-refractivity contribution >= 4 is 50.5 Å². The number of nitrogens with one attached hydrogen (secondary N) is 1. The van der Waals surface area contributed by atoms with Crippen molar-refractivity contribution in [2.75, 3.05) is 21.9 Å². The average molecular weight is 452 g/mol. The van der Waals surface area contributed by atoms with Crippen LogP contribution in [-0.2, 0) is 16.4 Å². The molecule has 0 bridgehead atoms. The van der Waals surface area contributed by atoms with Crippen LogP contribution >= 0.6 is 23.2 Å². The molecule has 1 heterocycles.